The number of pyridine rings is 1. The molecule has 1 saturated heterocycles. The lowest BCUT2D eigenvalue weighted by molar-refractivity contribution is 0.124. The lowest BCUT2D eigenvalue weighted by Crippen LogP contribution is -2.38. The van der Waals surface area contributed by atoms with Crippen LogP contribution in [0.4, 0.5) is 13.6 Å². The molecule has 5 aromatic rings. The van der Waals surface area contributed by atoms with Gasteiger partial charge < -0.3 is 10.0 Å². The van der Waals surface area contributed by atoms with Gasteiger partial charge in [-0.3, -0.25) is 4.68 Å². The summed E-state index contributed by atoms with van der Waals surface area (Å²) in [6.07, 6.45) is 9.78. The molecule has 42 heavy (non-hydrogen) atoms. The first kappa shape index (κ1) is 27.3. The van der Waals surface area contributed by atoms with Gasteiger partial charge in [-0.15, -0.1) is 0 Å². The summed E-state index contributed by atoms with van der Waals surface area (Å²) in [5.41, 5.74) is 2.06. The minimum absolute atomic E-state index is 0.0150. The van der Waals surface area contributed by atoms with Crippen LogP contribution in [0, 0.1) is 11.6 Å². The summed E-state index contributed by atoms with van der Waals surface area (Å²) in [5.74, 6) is -1.21. The van der Waals surface area contributed by atoms with Crippen LogP contribution in [-0.4, -0.2) is 56.3 Å². The number of rotatable bonds is 6. The Bertz CT molecular complexity index is 1930. The fourth-order valence-electron chi connectivity index (χ4n) is 5.11. The van der Waals surface area contributed by atoms with Crippen molar-refractivity contribution < 1.29 is 27.1 Å². The molecule has 6 rings (SSSR count). The molecule has 12 heteroatoms. The first-order valence-electron chi connectivity index (χ1n) is 13.2. The number of hydrogen-bond donors (Lipinski definition) is 1. The number of nitrogens with zero attached hydrogens (tertiary/aromatic N) is 5. The van der Waals surface area contributed by atoms with E-state index >= 15 is 0 Å². The minimum atomic E-state index is -4.02. The second-order valence-corrected chi connectivity index (χ2v) is 11.8. The maximum atomic E-state index is 14.3. The standard InChI is InChI=1S/C30H25F2N5O4S/c31-24-8-9-28(32)20(14-24)6-7-21-19-37(42(40,41)26-4-2-1-3-5-26)29-27(21)15-22(16-33-29)23-17-34-36(18-23)25-10-12-35(13-11-25)30(38)39/h1-9,14-19,25H,10-13H2,(H,38,39)/b7-6+. The fraction of sp³-hybridized carbons (Fsp3) is 0.167. The molecule has 3 aromatic heterocycles. The van der Waals surface area contributed by atoms with Crippen molar-refractivity contribution in [3.8, 4) is 11.1 Å². The normalized spacial score (nSPS) is 14.7. The molecule has 9 nitrogen and oxygen atoms in total. The zero-order valence-corrected chi connectivity index (χ0v) is 23.0. The Morgan fingerprint density at radius 2 is 1.67 bits per heavy atom. The molecule has 0 saturated carbocycles. The van der Waals surface area contributed by atoms with E-state index in [2.05, 4.69) is 10.1 Å². The summed E-state index contributed by atoms with van der Waals surface area (Å²) >= 11 is 0. The van der Waals surface area contributed by atoms with Crippen molar-refractivity contribution in [1.29, 1.82) is 0 Å². The highest BCUT2D eigenvalue weighted by Gasteiger charge is 2.25. The van der Waals surface area contributed by atoms with Gasteiger partial charge in [-0.25, -0.2) is 30.9 Å². The van der Waals surface area contributed by atoms with Gasteiger partial charge in [-0.2, -0.15) is 5.10 Å². The van der Waals surface area contributed by atoms with Crippen molar-refractivity contribution in [2.45, 2.75) is 23.8 Å². The molecule has 214 valence electrons. The monoisotopic (exact) mass is 589 g/mol. The Labute approximate surface area is 240 Å². The molecule has 1 amide bonds. The molecule has 1 fully saturated rings. The Hall–Kier alpha value is -4.84. The fourth-order valence-corrected chi connectivity index (χ4v) is 6.47. The number of piperidine rings is 1. The number of carbonyl (C=O) groups is 1. The van der Waals surface area contributed by atoms with Crippen LogP contribution in [0.15, 0.2) is 84.3 Å². The first-order chi connectivity index (χ1) is 20.2. The third-order valence-electron chi connectivity index (χ3n) is 7.39. The van der Waals surface area contributed by atoms with Crippen LogP contribution in [0.25, 0.3) is 34.3 Å². The van der Waals surface area contributed by atoms with Gasteiger partial charge in [-0.05, 0) is 49.2 Å². The second kappa shape index (κ2) is 10.9. The quantitative estimate of drug-likeness (QED) is 0.264. The van der Waals surface area contributed by atoms with Crippen LogP contribution >= 0.6 is 0 Å². The molecule has 1 N–H and O–H groups in total. The van der Waals surface area contributed by atoms with E-state index in [-0.39, 0.29) is 22.1 Å². The van der Waals surface area contributed by atoms with Crippen LogP contribution in [0.3, 0.4) is 0 Å². The van der Waals surface area contributed by atoms with Crippen LogP contribution in [0.1, 0.15) is 30.0 Å². The number of amides is 1. The first-order valence-corrected chi connectivity index (χ1v) is 14.6. The molecule has 0 unspecified atom stereocenters. The minimum Gasteiger partial charge on any atom is -0.465 e. The Morgan fingerprint density at radius 1 is 0.929 bits per heavy atom. The number of halogens is 2. The van der Waals surface area contributed by atoms with Crippen molar-refractivity contribution in [3.05, 3.63) is 102 Å². The van der Waals surface area contributed by atoms with Crippen LogP contribution in [0.2, 0.25) is 0 Å². The van der Waals surface area contributed by atoms with Crippen molar-refractivity contribution in [2.24, 2.45) is 0 Å². The van der Waals surface area contributed by atoms with E-state index in [9.17, 15) is 27.1 Å². The molecule has 0 spiro atoms. The van der Waals surface area contributed by atoms with Crippen LogP contribution in [-0.2, 0) is 10.0 Å². The Kier molecular flexibility index (Phi) is 7.07. The lowest BCUT2D eigenvalue weighted by atomic mass is 10.1. The summed E-state index contributed by atoms with van der Waals surface area (Å²) in [7, 11) is -4.02. The predicted octanol–water partition coefficient (Wildman–Crippen LogP) is 5.90. The third-order valence-corrected chi connectivity index (χ3v) is 9.05. The molecule has 0 bridgehead atoms. The van der Waals surface area contributed by atoms with Gasteiger partial charge in [0, 0.05) is 59.3 Å². The van der Waals surface area contributed by atoms with E-state index < -0.39 is 27.8 Å². The average molecular weight is 590 g/mol. The van der Waals surface area contributed by atoms with Gasteiger partial charge in [0.25, 0.3) is 10.0 Å². The number of benzene rings is 2. The summed E-state index contributed by atoms with van der Waals surface area (Å²) in [5, 5.41) is 14.2. The van der Waals surface area contributed by atoms with Crippen molar-refractivity contribution in [3.63, 3.8) is 0 Å². The number of carboxylic acid groups (broad SMARTS) is 1. The van der Waals surface area contributed by atoms with E-state index in [0.29, 0.717) is 42.4 Å². The molecule has 1 aliphatic heterocycles. The number of fused-ring (bicyclic) bond motifs is 1. The molecular formula is C30H25F2N5O4S. The van der Waals surface area contributed by atoms with E-state index in [1.807, 2.05) is 10.9 Å². The van der Waals surface area contributed by atoms with Crippen LogP contribution < -0.4 is 0 Å². The summed E-state index contributed by atoms with van der Waals surface area (Å²) in [4.78, 5) is 17.2. The van der Waals surface area contributed by atoms with Gasteiger partial charge in [0.2, 0.25) is 0 Å². The summed E-state index contributed by atoms with van der Waals surface area (Å²) in [6.45, 7) is 0.849. The number of hydrogen-bond acceptors (Lipinski definition) is 5. The van der Waals surface area contributed by atoms with E-state index in [0.717, 1.165) is 27.7 Å². The second-order valence-electron chi connectivity index (χ2n) is 10.0. The molecule has 0 atom stereocenters. The topological polar surface area (TPSA) is 110 Å². The molecule has 0 radical (unpaired) electrons. The van der Waals surface area contributed by atoms with E-state index in [1.165, 1.54) is 35.4 Å². The van der Waals surface area contributed by atoms with Crippen molar-refractivity contribution in [1.82, 2.24) is 23.6 Å². The van der Waals surface area contributed by atoms with E-state index in [4.69, 9.17) is 0 Å². The van der Waals surface area contributed by atoms with Crippen LogP contribution in [0.5, 0.6) is 0 Å². The molecule has 4 heterocycles. The third kappa shape index (κ3) is 5.16. The Morgan fingerprint density at radius 3 is 2.40 bits per heavy atom. The Balaban J connectivity index is 1.40. The summed E-state index contributed by atoms with van der Waals surface area (Å²) < 4.78 is 58.1. The maximum Gasteiger partial charge on any atom is 0.407 e. The van der Waals surface area contributed by atoms with Crippen molar-refractivity contribution in [2.75, 3.05) is 13.1 Å². The van der Waals surface area contributed by atoms with Gasteiger partial charge in [0.05, 0.1) is 17.1 Å². The molecule has 0 aliphatic carbocycles. The van der Waals surface area contributed by atoms with Gasteiger partial charge in [0.1, 0.15) is 11.6 Å². The SMILES string of the molecule is O=C(O)N1CCC(n2cc(-c3cnc4c(c3)c(/C=C/c3cc(F)ccc3F)cn4S(=O)(=O)c3ccccc3)cn2)CC1. The zero-order valence-electron chi connectivity index (χ0n) is 22.1. The van der Waals surface area contributed by atoms with Gasteiger partial charge in [0.15, 0.2) is 5.65 Å². The van der Waals surface area contributed by atoms with E-state index in [1.54, 1.807) is 36.7 Å². The highest BCUT2D eigenvalue weighted by atomic mass is 32.2. The maximum absolute atomic E-state index is 14.3. The molecule has 1 aliphatic rings. The summed E-state index contributed by atoms with van der Waals surface area (Å²) in [6, 6.07) is 12.9. The smallest absolute Gasteiger partial charge is 0.407 e. The van der Waals surface area contributed by atoms with Gasteiger partial charge >= 0.3 is 6.09 Å². The zero-order chi connectivity index (χ0) is 29.4. The predicted molar refractivity (Wildman–Crippen MR) is 153 cm³/mol. The van der Waals surface area contributed by atoms with Gasteiger partial charge in [-0.1, -0.05) is 30.4 Å². The lowest BCUT2D eigenvalue weighted by Gasteiger charge is -2.30. The number of aromatic nitrogens is 4. The highest BCUT2D eigenvalue weighted by Crippen LogP contribution is 2.31. The molecule has 2 aromatic carbocycles. The largest absolute Gasteiger partial charge is 0.465 e. The highest BCUT2D eigenvalue weighted by molar-refractivity contribution is 7.90. The molecular weight excluding hydrogens is 564 g/mol. The number of likely N-dealkylation sites (tertiary alicyclic amines) is 1. The van der Waals surface area contributed by atoms with Crippen molar-refractivity contribution >= 4 is 39.3 Å². The average Bonchev–Trinajstić information content (AvgIpc) is 3.64.